The van der Waals surface area contributed by atoms with Gasteiger partial charge in [-0.3, -0.25) is 4.79 Å². The molecule has 0 saturated heterocycles. The summed E-state index contributed by atoms with van der Waals surface area (Å²) in [7, 11) is 3.11. The fourth-order valence-corrected chi connectivity index (χ4v) is 1.96. The van der Waals surface area contributed by atoms with Crippen LogP contribution in [0.2, 0.25) is 0 Å². The van der Waals surface area contributed by atoms with Gasteiger partial charge in [-0.25, -0.2) is 0 Å². The van der Waals surface area contributed by atoms with Crippen LogP contribution in [-0.4, -0.2) is 26.7 Å². The summed E-state index contributed by atoms with van der Waals surface area (Å²) in [5, 5.41) is 2.76. The molecular weight excluding hydrogens is 282 g/mol. The second kappa shape index (κ2) is 7.36. The molecule has 0 aliphatic rings. The molecule has 0 unspecified atom stereocenters. The van der Waals surface area contributed by atoms with Gasteiger partial charge in [0.15, 0.2) is 6.61 Å². The SMILES string of the molecule is COc1ccc(OC)c(NC(=O)COc2ccccc2C)c1. The van der Waals surface area contributed by atoms with Gasteiger partial charge in [0.2, 0.25) is 0 Å². The van der Waals surface area contributed by atoms with Crippen LogP contribution in [0.15, 0.2) is 42.5 Å². The molecule has 1 amide bonds. The zero-order chi connectivity index (χ0) is 15.9. The highest BCUT2D eigenvalue weighted by atomic mass is 16.5. The Labute approximate surface area is 129 Å². The van der Waals surface area contributed by atoms with E-state index in [1.807, 2.05) is 31.2 Å². The van der Waals surface area contributed by atoms with Crippen molar-refractivity contribution in [2.75, 3.05) is 26.1 Å². The first kappa shape index (κ1) is 15.7. The van der Waals surface area contributed by atoms with E-state index in [-0.39, 0.29) is 12.5 Å². The summed E-state index contributed by atoms with van der Waals surface area (Å²) >= 11 is 0. The molecule has 0 atom stereocenters. The number of nitrogens with one attached hydrogen (secondary N) is 1. The molecule has 2 aromatic carbocycles. The smallest absolute Gasteiger partial charge is 0.262 e. The predicted octanol–water partition coefficient (Wildman–Crippen LogP) is 3.03. The van der Waals surface area contributed by atoms with Gasteiger partial charge in [-0.1, -0.05) is 18.2 Å². The second-order valence-electron chi connectivity index (χ2n) is 4.67. The van der Waals surface area contributed by atoms with Crippen molar-refractivity contribution in [2.24, 2.45) is 0 Å². The molecule has 0 aromatic heterocycles. The number of ether oxygens (including phenoxy) is 3. The molecule has 116 valence electrons. The Bertz CT molecular complexity index is 655. The maximum atomic E-state index is 12.0. The highest BCUT2D eigenvalue weighted by Crippen LogP contribution is 2.28. The summed E-state index contributed by atoms with van der Waals surface area (Å²) in [6.07, 6.45) is 0. The maximum absolute atomic E-state index is 12.0. The van der Waals surface area contributed by atoms with E-state index >= 15 is 0 Å². The number of aryl methyl sites for hydroxylation is 1. The lowest BCUT2D eigenvalue weighted by atomic mass is 10.2. The standard InChI is InChI=1S/C17H19NO4/c1-12-6-4-5-7-15(12)22-11-17(19)18-14-10-13(20-2)8-9-16(14)21-3/h4-10H,11H2,1-3H3,(H,18,19). The summed E-state index contributed by atoms with van der Waals surface area (Å²) < 4.78 is 15.9. The van der Waals surface area contributed by atoms with Crippen LogP contribution in [-0.2, 0) is 4.79 Å². The number of para-hydroxylation sites is 1. The zero-order valence-corrected chi connectivity index (χ0v) is 12.9. The normalized spacial score (nSPS) is 9.95. The summed E-state index contributed by atoms with van der Waals surface area (Å²) in [5.41, 5.74) is 1.52. The summed E-state index contributed by atoms with van der Waals surface area (Å²) in [4.78, 5) is 12.0. The summed E-state index contributed by atoms with van der Waals surface area (Å²) in [5.74, 6) is 1.62. The molecule has 5 heteroatoms. The molecule has 22 heavy (non-hydrogen) atoms. The Morgan fingerprint density at radius 2 is 1.82 bits per heavy atom. The first-order chi connectivity index (χ1) is 10.6. The average molecular weight is 301 g/mol. The van der Waals surface area contributed by atoms with Gasteiger partial charge in [-0.05, 0) is 30.7 Å². The number of hydrogen-bond donors (Lipinski definition) is 1. The van der Waals surface area contributed by atoms with Gasteiger partial charge in [-0.15, -0.1) is 0 Å². The first-order valence-electron chi connectivity index (χ1n) is 6.84. The predicted molar refractivity (Wildman–Crippen MR) is 84.8 cm³/mol. The van der Waals surface area contributed by atoms with E-state index in [1.54, 1.807) is 32.4 Å². The molecule has 5 nitrogen and oxygen atoms in total. The number of amides is 1. The molecule has 0 spiro atoms. The molecule has 0 radical (unpaired) electrons. The third-order valence-electron chi connectivity index (χ3n) is 3.13. The third kappa shape index (κ3) is 3.91. The highest BCUT2D eigenvalue weighted by molar-refractivity contribution is 5.93. The number of benzene rings is 2. The number of hydrogen-bond acceptors (Lipinski definition) is 4. The van der Waals surface area contributed by atoms with E-state index in [2.05, 4.69) is 5.32 Å². The molecule has 0 fully saturated rings. The van der Waals surface area contributed by atoms with Gasteiger partial charge in [0.25, 0.3) is 5.91 Å². The van der Waals surface area contributed by atoms with Gasteiger partial charge >= 0.3 is 0 Å². The van der Waals surface area contributed by atoms with E-state index in [0.717, 1.165) is 5.56 Å². The van der Waals surface area contributed by atoms with Crippen molar-refractivity contribution in [2.45, 2.75) is 6.92 Å². The van der Waals surface area contributed by atoms with E-state index in [4.69, 9.17) is 14.2 Å². The minimum absolute atomic E-state index is 0.0782. The van der Waals surface area contributed by atoms with Crippen LogP contribution >= 0.6 is 0 Å². The Hall–Kier alpha value is -2.69. The van der Waals surface area contributed by atoms with Gasteiger partial charge in [-0.2, -0.15) is 0 Å². The summed E-state index contributed by atoms with van der Waals surface area (Å²) in [6.45, 7) is 1.85. The van der Waals surface area contributed by atoms with E-state index in [1.165, 1.54) is 0 Å². The van der Waals surface area contributed by atoms with E-state index in [0.29, 0.717) is 22.9 Å². The van der Waals surface area contributed by atoms with Crippen molar-refractivity contribution < 1.29 is 19.0 Å². The molecule has 0 aliphatic heterocycles. The van der Waals surface area contributed by atoms with Crippen LogP contribution in [0.3, 0.4) is 0 Å². The van der Waals surface area contributed by atoms with Crippen molar-refractivity contribution in [3.05, 3.63) is 48.0 Å². The van der Waals surface area contributed by atoms with Crippen LogP contribution in [0.5, 0.6) is 17.2 Å². The first-order valence-corrected chi connectivity index (χ1v) is 6.84. The molecule has 0 bridgehead atoms. The number of rotatable bonds is 6. The van der Waals surface area contributed by atoms with Gasteiger partial charge in [0.1, 0.15) is 17.2 Å². The number of carbonyl (C=O) groups is 1. The molecular formula is C17H19NO4. The third-order valence-corrected chi connectivity index (χ3v) is 3.13. The molecule has 0 heterocycles. The zero-order valence-electron chi connectivity index (χ0n) is 12.9. The molecule has 1 N–H and O–H groups in total. The van der Waals surface area contributed by atoms with Crippen LogP contribution in [0, 0.1) is 6.92 Å². The molecule has 2 rings (SSSR count). The molecule has 0 saturated carbocycles. The highest BCUT2D eigenvalue weighted by Gasteiger charge is 2.10. The molecule has 0 aliphatic carbocycles. The Kier molecular flexibility index (Phi) is 5.25. The minimum Gasteiger partial charge on any atom is -0.497 e. The lowest BCUT2D eigenvalue weighted by Gasteiger charge is -2.12. The average Bonchev–Trinajstić information content (AvgIpc) is 2.54. The van der Waals surface area contributed by atoms with E-state index in [9.17, 15) is 4.79 Å². The number of carbonyl (C=O) groups excluding carboxylic acids is 1. The Balaban J connectivity index is 2.01. The molecule has 2 aromatic rings. The number of anilines is 1. The lowest BCUT2D eigenvalue weighted by molar-refractivity contribution is -0.118. The van der Waals surface area contributed by atoms with Crippen LogP contribution in [0.1, 0.15) is 5.56 Å². The Morgan fingerprint density at radius 1 is 1.05 bits per heavy atom. The largest absolute Gasteiger partial charge is 0.497 e. The van der Waals surface area contributed by atoms with Crippen molar-refractivity contribution in [1.82, 2.24) is 0 Å². The summed E-state index contributed by atoms with van der Waals surface area (Å²) in [6, 6.07) is 12.7. The van der Waals surface area contributed by atoms with Crippen LogP contribution in [0.4, 0.5) is 5.69 Å². The van der Waals surface area contributed by atoms with E-state index < -0.39 is 0 Å². The fraction of sp³-hybridized carbons (Fsp3) is 0.235. The van der Waals surface area contributed by atoms with Gasteiger partial charge in [0.05, 0.1) is 19.9 Å². The van der Waals surface area contributed by atoms with Crippen molar-refractivity contribution >= 4 is 11.6 Å². The second-order valence-corrected chi connectivity index (χ2v) is 4.67. The topological polar surface area (TPSA) is 56.8 Å². The van der Waals surface area contributed by atoms with Crippen molar-refractivity contribution in [1.29, 1.82) is 0 Å². The number of methoxy groups -OCH3 is 2. The van der Waals surface area contributed by atoms with Gasteiger partial charge in [0, 0.05) is 6.07 Å². The van der Waals surface area contributed by atoms with Crippen molar-refractivity contribution in [3.8, 4) is 17.2 Å². The van der Waals surface area contributed by atoms with Crippen LogP contribution < -0.4 is 19.5 Å². The lowest BCUT2D eigenvalue weighted by Crippen LogP contribution is -2.20. The van der Waals surface area contributed by atoms with Crippen LogP contribution in [0.25, 0.3) is 0 Å². The maximum Gasteiger partial charge on any atom is 0.262 e. The minimum atomic E-state index is -0.269. The quantitative estimate of drug-likeness (QED) is 0.891. The monoisotopic (exact) mass is 301 g/mol. The fourth-order valence-electron chi connectivity index (χ4n) is 1.96. The van der Waals surface area contributed by atoms with Gasteiger partial charge < -0.3 is 19.5 Å². The Morgan fingerprint density at radius 3 is 2.50 bits per heavy atom. The van der Waals surface area contributed by atoms with Crippen molar-refractivity contribution in [3.63, 3.8) is 0 Å².